The summed E-state index contributed by atoms with van der Waals surface area (Å²) < 4.78 is 18.6. The van der Waals surface area contributed by atoms with E-state index >= 15 is 0 Å². The number of carbonyl (C=O) groups is 3. The lowest BCUT2D eigenvalue weighted by Gasteiger charge is -2.15. The van der Waals surface area contributed by atoms with Crippen molar-refractivity contribution in [2.24, 2.45) is 0 Å². The van der Waals surface area contributed by atoms with E-state index in [1.165, 1.54) is 25.1 Å². The maximum Gasteiger partial charge on any atom is 0.265 e. The Morgan fingerprint density at radius 3 is 2.36 bits per heavy atom. The van der Waals surface area contributed by atoms with Gasteiger partial charge in [0.15, 0.2) is 6.10 Å². The van der Waals surface area contributed by atoms with Gasteiger partial charge in [0.2, 0.25) is 5.91 Å². The lowest BCUT2D eigenvalue weighted by atomic mass is 10.2. The largest absolute Gasteiger partial charge is 0.481 e. The molecule has 1 atom stereocenters. The van der Waals surface area contributed by atoms with Crippen LogP contribution in [0.2, 0.25) is 0 Å². The van der Waals surface area contributed by atoms with Gasteiger partial charge in [0.25, 0.3) is 11.8 Å². The molecular weight excluding hydrogens is 365 g/mol. The van der Waals surface area contributed by atoms with E-state index in [9.17, 15) is 18.8 Å². The van der Waals surface area contributed by atoms with E-state index in [-0.39, 0.29) is 17.6 Å². The molecule has 0 saturated carbocycles. The van der Waals surface area contributed by atoms with Gasteiger partial charge in [-0.05, 0) is 43.3 Å². The van der Waals surface area contributed by atoms with E-state index in [1.54, 1.807) is 37.3 Å². The first kappa shape index (κ1) is 20.9. The van der Waals surface area contributed by atoms with Crippen molar-refractivity contribution < 1.29 is 23.5 Å². The van der Waals surface area contributed by atoms with Crippen LogP contribution in [0.15, 0.2) is 48.5 Å². The van der Waals surface area contributed by atoms with Gasteiger partial charge in [0.1, 0.15) is 11.6 Å². The van der Waals surface area contributed by atoms with Crippen molar-refractivity contribution in [3.63, 3.8) is 0 Å². The first-order valence-corrected chi connectivity index (χ1v) is 8.71. The molecule has 0 bridgehead atoms. The van der Waals surface area contributed by atoms with Crippen LogP contribution in [0.4, 0.5) is 10.1 Å². The minimum Gasteiger partial charge on any atom is -0.481 e. The second kappa shape index (κ2) is 10.1. The van der Waals surface area contributed by atoms with Crippen LogP contribution < -0.4 is 20.7 Å². The summed E-state index contributed by atoms with van der Waals surface area (Å²) in [5, 5.41) is 7.92. The summed E-state index contributed by atoms with van der Waals surface area (Å²) in [5.41, 5.74) is 0.916. The van der Waals surface area contributed by atoms with Crippen LogP contribution in [-0.4, -0.2) is 36.9 Å². The summed E-state index contributed by atoms with van der Waals surface area (Å²) in [6.07, 6.45) is -0.835. The molecule has 0 aliphatic carbocycles. The maximum atomic E-state index is 13.2. The van der Waals surface area contributed by atoms with Crippen LogP contribution in [0.5, 0.6) is 5.75 Å². The summed E-state index contributed by atoms with van der Waals surface area (Å²) in [5.74, 6) is -1.04. The molecule has 0 radical (unpaired) electrons. The van der Waals surface area contributed by atoms with Gasteiger partial charge >= 0.3 is 0 Å². The number of nitrogens with one attached hydrogen (secondary N) is 3. The SMILES string of the molecule is CC(=O)NCCNC(=O)c1ccc(NC(=O)C(C)Oc2cccc(F)c2)cc1. The molecule has 8 heteroatoms. The lowest BCUT2D eigenvalue weighted by molar-refractivity contribution is -0.122. The molecule has 2 aromatic rings. The van der Waals surface area contributed by atoms with Gasteiger partial charge in [0, 0.05) is 37.3 Å². The van der Waals surface area contributed by atoms with Crippen LogP contribution in [-0.2, 0) is 9.59 Å². The van der Waals surface area contributed by atoms with Gasteiger partial charge in [-0.15, -0.1) is 0 Å². The maximum absolute atomic E-state index is 13.2. The predicted octanol–water partition coefficient (Wildman–Crippen LogP) is 2.10. The molecule has 0 aromatic heterocycles. The van der Waals surface area contributed by atoms with Crippen LogP contribution in [0, 0.1) is 5.82 Å². The third-order valence-electron chi connectivity index (χ3n) is 3.68. The Balaban J connectivity index is 1.84. The monoisotopic (exact) mass is 387 g/mol. The van der Waals surface area contributed by atoms with E-state index in [2.05, 4.69) is 16.0 Å². The minimum atomic E-state index is -0.835. The molecule has 28 heavy (non-hydrogen) atoms. The first-order chi connectivity index (χ1) is 13.3. The lowest BCUT2D eigenvalue weighted by Crippen LogP contribution is -2.33. The molecule has 0 heterocycles. The molecule has 1 unspecified atom stereocenters. The number of anilines is 1. The normalized spacial score (nSPS) is 11.2. The van der Waals surface area contributed by atoms with Crippen LogP contribution in [0.3, 0.4) is 0 Å². The number of halogens is 1. The Labute approximate surface area is 162 Å². The van der Waals surface area contributed by atoms with E-state index < -0.39 is 17.8 Å². The molecular formula is C20H22FN3O4. The second-order valence-electron chi connectivity index (χ2n) is 6.02. The molecule has 0 aliphatic rings. The van der Waals surface area contributed by atoms with Gasteiger partial charge in [-0.25, -0.2) is 4.39 Å². The standard InChI is InChI=1S/C20H22FN3O4/c1-13(28-18-5-3-4-16(21)12-18)19(26)24-17-8-6-15(7-9-17)20(27)23-11-10-22-14(2)25/h3-9,12-13H,10-11H2,1-2H3,(H,22,25)(H,23,27)(H,24,26). The zero-order chi connectivity index (χ0) is 20.5. The van der Waals surface area contributed by atoms with Crippen molar-refractivity contribution in [3.05, 3.63) is 59.9 Å². The van der Waals surface area contributed by atoms with Gasteiger partial charge in [0.05, 0.1) is 0 Å². The molecule has 148 valence electrons. The number of hydrogen-bond acceptors (Lipinski definition) is 4. The van der Waals surface area contributed by atoms with Gasteiger partial charge in [-0.3, -0.25) is 14.4 Å². The zero-order valence-electron chi connectivity index (χ0n) is 15.6. The van der Waals surface area contributed by atoms with Crippen molar-refractivity contribution >= 4 is 23.4 Å². The quantitative estimate of drug-likeness (QED) is 0.605. The van der Waals surface area contributed by atoms with Crippen LogP contribution in [0.1, 0.15) is 24.2 Å². The van der Waals surface area contributed by atoms with E-state index in [0.29, 0.717) is 24.3 Å². The topological polar surface area (TPSA) is 96.5 Å². The number of hydrogen-bond donors (Lipinski definition) is 3. The fourth-order valence-corrected chi connectivity index (χ4v) is 2.26. The van der Waals surface area contributed by atoms with E-state index in [1.807, 2.05) is 0 Å². The molecule has 0 aliphatic heterocycles. The highest BCUT2D eigenvalue weighted by molar-refractivity contribution is 5.96. The van der Waals surface area contributed by atoms with Crippen molar-refractivity contribution in [1.29, 1.82) is 0 Å². The summed E-state index contributed by atoms with van der Waals surface area (Å²) in [4.78, 5) is 35.0. The number of amides is 3. The van der Waals surface area contributed by atoms with Crippen LogP contribution >= 0.6 is 0 Å². The van der Waals surface area contributed by atoms with Crippen molar-refractivity contribution in [1.82, 2.24) is 10.6 Å². The smallest absolute Gasteiger partial charge is 0.265 e. The number of rotatable bonds is 8. The molecule has 0 saturated heterocycles. The Bertz CT molecular complexity index is 840. The highest BCUT2D eigenvalue weighted by atomic mass is 19.1. The summed E-state index contributed by atoms with van der Waals surface area (Å²) in [6, 6.07) is 11.9. The Morgan fingerprint density at radius 1 is 1.04 bits per heavy atom. The second-order valence-corrected chi connectivity index (χ2v) is 6.02. The van der Waals surface area contributed by atoms with Crippen molar-refractivity contribution in [3.8, 4) is 5.75 Å². The average molecular weight is 387 g/mol. The molecule has 2 rings (SSSR count). The number of benzene rings is 2. The third kappa shape index (κ3) is 6.71. The summed E-state index contributed by atoms with van der Waals surface area (Å²) in [6.45, 7) is 3.61. The van der Waals surface area contributed by atoms with E-state index in [4.69, 9.17) is 4.74 Å². The van der Waals surface area contributed by atoms with E-state index in [0.717, 1.165) is 0 Å². The summed E-state index contributed by atoms with van der Waals surface area (Å²) >= 11 is 0. The molecule has 7 nitrogen and oxygen atoms in total. The van der Waals surface area contributed by atoms with Crippen molar-refractivity contribution in [2.45, 2.75) is 20.0 Å². The summed E-state index contributed by atoms with van der Waals surface area (Å²) in [7, 11) is 0. The average Bonchev–Trinajstić information content (AvgIpc) is 2.65. The Kier molecular flexibility index (Phi) is 7.50. The fraction of sp³-hybridized carbons (Fsp3) is 0.250. The predicted molar refractivity (Wildman–Crippen MR) is 103 cm³/mol. The number of ether oxygens (including phenoxy) is 1. The molecule has 3 amide bonds. The highest BCUT2D eigenvalue weighted by Crippen LogP contribution is 2.15. The third-order valence-corrected chi connectivity index (χ3v) is 3.68. The Morgan fingerprint density at radius 2 is 1.71 bits per heavy atom. The molecule has 2 aromatic carbocycles. The van der Waals surface area contributed by atoms with Gasteiger partial charge < -0.3 is 20.7 Å². The zero-order valence-corrected chi connectivity index (χ0v) is 15.6. The highest BCUT2D eigenvalue weighted by Gasteiger charge is 2.15. The molecule has 0 fully saturated rings. The Hall–Kier alpha value is -3.42. The number of carbonyl (C=O) groups excluding carboxylic acids is 3. The minimum absolute atomic E-state index is 0.162. The van der Waals surface area contributed by atoms with Crippen LogP contribution in [0.25, 0.3) is 0 Å². The van der Waals surface area contributed by atoms with Gasteiger partial charge in [-0.2, -0.15) is 0 Å². The molecule has 3 N–H and O–H groups in total. The fourth-order valence-electron chi connectivity index (χ4n) is 2.26. The molecule has 0 spiro atoms. The van der Waals surface area contributed by atoms with Crippen molar-refractivity contribution in [2.75, 3.05) is 18.4 Å². The first-order valence-electron chi connectivity index (χ1n) is 8.71. The van der Waals surface area contributed by atoms with Gasteiger partial charge in [-0.1, -0.05) is 6.07 Å².